The number of aliphatic carboxylic acids is 1. The molecule has 23 heavy (non-hydrogen) atoms. The quantitative estimate of drug-likeness (QED) is 0.795. The maximum Gasteiger partial charge on any atom is 0.303 e. The zero-order valence-corrected chi connectivity index (χ0v) is 13.0. The molecule has 2 N–H and O–H groups in total. The fourth-order valence-corrected chi connectivity index (χ4v) is 1.97. The fourth-order valence-electron chi connectivity index (χ4n) is 1.97. The van der Waals surface area contributed by atoms with Gasteiger partial charge in [-0.1, -0.05) is 30.3 Å². The molecule has 8 heteroatoms. The highest BCUT2D eigenvalue weighted by molar-refractivity contribution is 5.80. The van der Waals surface area contributed by atoms with Crippen molar-refractivity contribution in [3.05, 3.63) is 30.3 Å². The highest BCUT2D eigenvalue weighted by atomic mass is 16.4. The highest BCUT2D eigenvalue weighted by Crippen LogP contribution is 2.13. The highest BCUT2D eigenvalue weighted by Gasteiger charge is 2.20. The van der Waals surface area contributed by atoms with Gasteiger partial charge in [0.25, 0.3) is 0 Å². The van der Waals surface area contributed by atoms with Crippen LogP contribution in [-0.2, 0) is 9.59 Å². The Hall–Kier alpha value is -2.77. The summed E-state index contributed by atoms with van der Waals surface area (Å²) in [6, 6.07) is 8.49. The number of carbonyl (C=O) groups is 2. The van der Waals surface area contributed by atoms with Gasteiger partial charge >= 0.3 is 5.97 Å². The van der Waals surface area contributed by atoms with Gasteiger partial charge in [0.05, 0.1) is 0 Å². The number of nitrogens with one attached hydrogen (secondary N) is 1. The second kappa shape index (κ2) is 7.48. The lowest BCUT2D eigenvalue weighted by Gasteiger charge is -2.16. The number of nitrogens with zero attached hydrogens (tertiary/aromatic N) is 4. The summed E-state index contributed by atoms with van der Waals surface area (Å²) in [4.78, 5) is 23.9. The first kappa shape index (κ1) is 16.6. The predicted molar refractivity (Wildman–Crippen MR) is 82.4 cm³/mol. The summed E-state index contributed by atoms with van der Waals surface area (Å²) < 4.78 is 0. The van der Waals surface area contributed by atoms with E-state index < -0.39 is 12.0 Å². The van der Waals surface area contributed by atoms with Crippen molar-refractivity contribution in [1.82, 2.24) is 25.5 Å². The van der Waals surface area contributed by atoms with E-state index in [9.17, 15) is 9.59 Å². The summed E-state index contributed by atoms with van der Waals surface area (Å²) in [7, 11) is 0. The van der Waals surface area contributed by atoms with Gasteiger partial charge in [0.1, 0.15) is 6.04 Å². The van der Waals surface area contributed by atoms with Crippen molar-refractivity contribution in [3.8, 4) is 11.4 Å². The zero-order chi connectivity index (χ0) is 16.8. The van der Waals surface area contributed by atoms with Gasteiger partial charge in [-0.15, -0.1) is 10.2 Å². The van der Waals surface area contributed by atoms with Gasteiger partial charge in [-0.3, -0.25) is 9.59 Å². The van der Waals surface area contributed by atoms with Crippen molar-refractivity contribution in [1.29, 1.82) is 0 Å². The molecule has 0 saturated carbocycles. The molecule has 8 nitrogen and oxygen atoms in total. The second-order valence-corrected chi connectivity index (χ2v) is 5.32. The number of carboxylic acids is 1. The number of tetrazole rings is 1. The first-order valence-corrected chi connectivity index (χ1v) is 7.34. The van der Waals surface area contributed by atoms with Gasteiger partial charge in [-0.05, 0) is 25.5 Å². The molecule has 0 saturated heterocycles. The molecule has 1 heterocycles. The Bertz CT molecular complexity index is 671. The Labute approximate surface area is 133 Å². The van der Waals surface area contributed by atoms with Crippen LogP contribution in [0.25, 0.3) is 11.4 Å². The number of carbonyl (C=O) groups excluding carboxylic acids is 1. The van der Waals surface area contributed by atoms with Crippen LogP contribution in [0.5, 0.6) is 0 Å². The van der Waals surface area contributed by atoms with E-state index in [0.717, 1.165) is 5.56 Å². The van der Waals surface area contributed by atoms with E-state index in [0.29, 0.717) is 12.2 Å². The third kappa shape index (κ3) is 4.60. The summed E-state index contributed by atoms with van der Waals surface area (Å²) in [5.74, 6) is -0.714. The minimum atomic E-state index is -0.885. The van der Waals surface area contributed by atoms with Crippen LogP contribution in [0.3, 0.4) is 0 Å². The van der Waals surface area contributed by atoms with Crippen molar-refractivity contribution in [3.63, 3.8) is 0 Å². The fraction of sp³-hybridized carbons (Fsp3) is 0.400. The third-order valence-corrected chi connectivity index (χ3v) is 3.37. The number of amides is 1. The molecule has 0 radical (unpaired) electrons. The van der Waals surface area contributed by atoms with E-state index in [1.165, 1.54) is 4.80 Å². The molecule has 1 aromatic heterocycles. The molecule has 2 atom stereocenters. The molecule has 0 aliphatic carbocycles. The van der Waals surface area contributed by atoms with Crippen LogP contribution in [0.2, 0.25) is 0 Å². The van der Waals surface area contributed by atoms with E-state index >= 15 is 0 Å². The molecule has 0 bridgehead atoms. The summed E-state index contributed by atoms with van der Waals surface area (Å²) >= 11 is 0. The summed E-state index contributed by atoms with van der Waals surface area (Å²) in [6.07, 6.45) is 0.378. The topological polar surface area (TPSA) is 110 Å². The van der Waals surface area contributed by atoms with Crippen molar-refractivity contribution in [2.24, 2.45) is 0 Å². The number of aromatic nitrogens is 4. The van der Waals surface area contributed by atoms with E-state index in [4.69, 9.17) is 5.11 Å². The van der Waals surface area contributed by atoms with Gasteiger partial charge in [0.15, 0.2) is 0 Å². The van der Waals surface area contributed by atoms with E-state index in [2.05, 4.69) is 20.7 Å². The van der Waals surface area contributed by atoms with Crippen LogP contribution >= 0.6 is 0 Å². The molecule has 1 amide bonds. The summed E-state index contributed by atoms with van der Waals surface area (Å²) in [5, 5.41) is 23.5. The van der Waals surface area contributed by atoms with Gasteiger partial charge in [-0.2, -0.15) is 4.80 Å². The average Bonchev–Trinajstić information content (AvgIpc) is 3.03. The van der Waals surface area contributed by atoms with Crippen LogP contribution < -0.4 is 5.32 Å². The number of benzene rings is 1. The third-order valence-electron chi connectivity index (χ3n) is 3.37. The molecule has 1 aromatic carbocycles. The van der Waals surface area contributed by atoms with Crippen LogP contribution in [-0.4, -0.2) is 43.2 Å². The number of hydrogen-bond acceptors (Lipinski definition) is 5. The first-order valence-electron chi connectivity index (χ1n) is 7.34. The Morgan fingerprint density at radius 2 is 1.96 bits per heavy atom. The van der Waals surface area contributed by atoms with E-state index in [-0.39, 0.29) is 18.4 Å². The number of carboxylic acid groups (broad SMARTS) is 1. The van der Waals surface area contributed by atoms with Gasteiger partial charge < -0.3 is 10.4 Å². The Morgan fingerprint density at radius 1 is 1.26 bits per heavy atom. The largest absolute Gasteiger partial charge is 0.481 e. The standard InChI is InChI=1S/C15H19N5O3/c1-10(8-9-13(21)22)16-15(23)11(2)20-18-14(17-19-20)12-6-4-3-5-7-12/h3-7,10-11H,8-9H2,1-2H3,(H,16,23)(H,21,22). The van der Waals surface area contributed by atoms with Crippen LogP contribution in [0.1, 0.15) is 32.7 Å². The summed E-state index contributed by atoms with van der Waals surface area (Å²) in [6.45, 7) is 3.42. The molecule has 2 rings (SSSR count). The van der Waals surface area contributed by atoms with E-state index in [1.807, 2.05) is 30.3 Å². The molecule has 0 spiro atoms. The van der Waals surface area contributed by atoms with Crippen molar-refractivity contribution < 1.29 is 14.7 Å². The SMILES string of the molecule is CC(CCC(=O)O)NC(=O)C(C)n1nnc(-c2ccccc2)n1. The van der Waals surface area contributed by atoms with Crippen LogP contribution in [0, 0.1) is 0 Å². The maximum atomic E-state index is 12.2. The van der Waals surface area contributed by atoms with E-state index in [1.54, 1.807) is 13.8 Å². The molecule has 0 aliphatic rings. The van der Waals surface area contributed by atoms with Crippen molar-refractivity contribution in [2.75, 3.05) is 0 Å². The average molecular weight is 317 g/mol. The lowest BCUT2D eigenvalue weighted by atomic mass is 10.1. The van der Waals surface area contributed by atoms with Crippen molar-refractivity contribution in [2.45, 2.75) is 38.8 Å². The van der Waals surface area contributed by atoms with Gasteiger partial charge in [0, 0.05) is 18.0 Å². The predicted octanol–water partition coefficient (Wildman–Crippen LogP) is 1.27. The van der Waals surface area contributed by atoms with Crippen LogP contribution in [0.4, 0.5) is 0 Å². The Balaban J connectivity index is 1.97. The smallest absolute Gasteiger partial charge is 0.303 e. The molecule has 122 valence electrons. The molecular weight excluding hydrogens is 298 g/mol. The molecule has 0 aliphatic heterocycles. The minimum absolute atomic E-state index is 0.00948. The second-order valence-electron chi connectivity index (χ2n) is 5.32. The van der Waals surface area contributed by atoms with Crippen LogP contribution in [0.15, 0.2) is 30.3 Å². The monoisotopic (exact) mass is 317 g/mol. The molecule has 2 unspecified atom stereocenters. The Morgan fingerprint density at radius 3 is 2.61 bits per heavy atom. The maximum absolute atomic E-state index is 12.2. The lowest BCUT2D eigenvalue weighted by molar-refractivity contribution is -0.137. The van der Waals surface area contributed by atoms with Gasteiger partial charge in [-0.25, -0.2) is 0 Å². The van der Waals surface area contributed by atoms with Crippen molar-refractivity contribution >= 4 is 11.9 Å². The summed E-state index contributed by atoms with van der Waals surface area (Å²) in [5.41, 5.74) is 0.821. The lowest BCUT2D eigenvalue weighted by Crippen LogP contribution is -2.38. The molecule has 0 fully saturated rings. The normalized spacial score (nSPS) is 13.3. The Kier molecular flexibility index (Phi) is 5.40. The minimum Gasteiger partial charge on any atom is -0.481 e. The molecular formula is C15H19N5O3. The first-order chi connectivity index (χ1) is 11.0. The van der Waals surface area contributed by atoms with Gasteiger partial charge in [0.2, 0.25) is 11.7 Å². The number of rotatable bonds is 7. The molecule has 2 aromatic rings. The zero-order valence-electron chi connectivity index (χ0n) is 13.0. The number of hydrogen-bond donors (Lipinski definition) is 2.